The van der Waals surface area contributed by atoms with Crippen molar-refractivity contribution in [2.75, 3.05) is 13.1 Å². The molecular weight excluding hydrogens is 535 g/mol. The van der Waals surface area contributed by atoms with Crippen LogP contribution in [0.1, 0.15) is 27.9 Å². The summed E-state index contributed by atoms with van der Waals surface area (Å²) in [5.41, 5.74) is 8.19. The first kappa shape index (κ1) is 26.9. The van der Waals surface area contributed by atoms with Crippen molar-refractivity contribution in [2.45, 2.75) is 26.4 Å². The molecule has 0 saturated carbocycles. The Hall–Kier alpha value is -4.26. The summed E-state index contributed by atoms with van der Waals surface area (Å²) in [6.07, 6.45) is 6.51. The van der Waals surface area contributed by atoms with Gasteiger partial charge in [0.1, 0.15) is 0 Å². The minimum Gasteiger partial charge on any atom is -0.333 e. The third kappa shape index (κ3) is 5.94. The molecule has 2 aromatic heterocycles. The van der Waals surface area contributed by atoms with Crippen molar-refractivity contribution in [3.63, 3.8) is 0 Å². The lowest BCUT2D eigenvalue weighted by Crippen LogP contribution is -2.34. The molecule has 0 saturated heterocycles. The molecule has 6 rings (SSSR count). The quantitative estimate of drug-likeness (QED) is 0.216. The number of pyridine rings is 1. The lowest BCUT2D eigenvalue weighted by Gasteiger charge is -2.27. The molecule has 41 heavy (non-hydrogen) atoms. The van der Waals surface area contributed by atoms with E-state index in [-0.39, 0.29) is 12.6 Å². The number of carbonyl (C=O) groups is 1. The maximum Gasteiger partial charge on any atom is 0.326 e. The first-order valence-electron chi connectivity index (χ1n) is 13.7. The summed E-state index contributed by atoms with van der Waals surface area (Å²) in [7, 11) is 0. The Morgan fingerprint density at radius 1 is 1.05 bits per heavy atom. The SMILES string of the molecule is Cc1ccc(/C=C/CN2CCc3c(c4cc(-c5cccc(Cl)c5)ccc4n3C(=O)NCc3ccnc(F)c3)C2)cc1. The molecule has 0 spiro atoms. The van der Waals surface area contributed by atoms with Gasteiger partial charge in [-0.3, -0.25) is 9.47 Å². The van der Waals surface area contributed by atoms with E-state index in [9.17, 15) is 9.18 Å². The van der Waals surface area contributed by atoms with Gasteiger partial charge in [-0.2, -0.15) is 4.39 Å². The van der Waals surface area contributed by atoms with Gasteiger partial charge in [0, 0.05) is 54.9 Å². The third-order valence-electron chi connectivity index (χ3n) is 7.57. The van der Waals surface area contributed by atoms with E-state index in [1.54, 1.807) is 10.6 Å². The Morgan fingerprint density at radius 2 is 1.88 bits per heavy atom. The highest BCUT2D eigenvalue weighted by Gasteiger charge is 2.26. The zero-order chi connectivity index (χ0) is 28.3. The van der Waals surface area contributed by atoms with E-state index in [0.717, 1.165) is 59.3 Å². The molecule has 1 aliphatic heterocycles. The Kier molecular flexibility index (Phi) is 7.68. The third-order valence-corrected chi connectivity index (χ3v) is 7.81. The maximum absolute atomic E-state index is 13.6. The minimum atomic E-state index is -0.564. The van der Waals surface area contributed by atoms with Crippen LogP contribution in [0.25, 0.3) is 28.1 Å². The van der Waals surface area contributed by atoms with Gasteiger partial charge in [0.25, 0.3) is 0 Å². The smallest absolute Gasteiger partial charge is 0.326 e. The van der Waals surface area contributed by atoms with E-state index in [2.05, 4.69) is 64.6 Å². The first-order chi connectivity index (χ1) is 19.9. The number of amides is 1. The second-order valence-corrected chi connectivity index (χ2v) is 10.9. The van der Waals surface area contributed by atoms with Crippen LogP contribution in [0.3, 0.4) is 0 Å². The normalized spacial score (nSPS) is 13.5. The Morgan fingerprint density at radius 3 is 2.68 bits per heavy atom. The molecule has 1 aliphatic rings. The molecule has 206 valence electrons. The van der Waals surface area contributed by atoms with Gasteiger partial charge < -0.3 is 5.32 Å². The molecule has 5 nitrogen and oxygen atoms in total. The Labute approximate surface area is 243 Å². The fourth-order valence-corrected chi connectivity index (χ4v) is 5.66. The molecule has 1 N–H and O–H groups in total. The molecule has 3 aromatic carbocycles. The number of hydrogen-bond acceptors (Lipinski definition) is 3. The summed E-state index contributed by atoms with van der Waals surface area (Å²) >= 11 is 6.29. The molecule has 5 aromatic rings. The molecule has 0 fully saturated rings. The summed E-state index contributed by atoms with van der Waals surface area (Å²) in [6, 6.07) is 25.3. The maximum atomic E-state index is 13.6. The fourth-order valence-electron chi connectivity index (χ4n) is 5.47. The molecular formula is C34H30ClFN4O. The van der Waals surface area contributed by atoms with Crippen LogP contribution < -0.4 is 5.32 Å². The van der Waals surface area contributed by atoms with E-state index in [1.165, 1.54) is 23.4 Å². The highest BCUT2D eigenvalue weighted by atomic mass is 35.5. The van der Waals surface area contributed by atoms with Crippen LogP contribution >= 0.6 is 11.6 Å². The summed E-state index contributed by atoms with van der Waals surface area (Å²) in [4.78, 5) is 19.6. The standard InChI is InChI=1S/C34H30ClFN4O/c1-23-7-9-24(10-8-23)4-3-16-39-17-14-32-30(22-39)29-20-27(26-5-2-6-28(35)19-26)11-12-31(29)40(32)34(41)38-21-25-13-15-37-33(36)18-25/h2-13,15,18-20H,14,16-17,21-22H2,1H3,(H,38,41)/b4-3+. The molecule has 7 heteroatoms. The number of aryl methyl sites for hydroxylation is 1. The lowest BCUT2D eigenvalue weighted by atomic mass is 10.00. The van der Waals surface area contributed by atoms with Crippen LogP contribution in [-0.2, 0) is 19.5 Å². The van der Waals surface area contributed by atoms with Crippen molar-refractivity contribution in [1.29, 1.82) is 0 Å². The number of halogens is 2. The summed E-state index contributed by atoms with van der Waals surface area (Å²) in [5, 5.41) is 4.71. The zero-order valence-corrected chi connectivity index (χ0v) is 23.5. The van der Waals surface area contributed by atoms with E-state index in [1.807, 2.05) is 36.4 Å². The van der Waals surface area contributed by atoms with Crippen molar-refractivity contribution < 1.29 is 9.18 Å². The molecule has 0 bridgehead atoms. The summed E-state index contributed by atoms with van der Waals surface area (Å²) < 4.78 is 15.4. The molecule has 0 atom stereocenters. The lowest BCUT2D eigenvalue weighted by molar-refractivity contribution is 0.240. The Bertz CT molecular complexity index is 1760. The van der Waals surface area contributed by atoms with Gasteiger partial charge >= 0.3 is 6.03 Å². The average molecular weight is 565 g/mol. The van der Waals surface area contributed by atoms with Crippen molar-refractivity contribution in [3.05, 3.63) is 130 Å². The molecule has 0 aliphatic carbocycles. The molecule has 0 radical (unpaired) electrons. The van der Waals surface area contributed by atoms with Crippen LogP contribution in [0, 0.1) is 12.9 Å². The van der Waals surface area contributed by atoms with Crippen LogP contribution in [-0.4, -0.2) is 33.6 Å². The van der Waals surface area contributed by atoms with Crippen LogP contribution in [0.4, 0.5) is 9.18 Å². The van der Waals surface area contributed by atoms with Gasteiger partial charge in [0.05, 0.1) is 5.52 Å². The topological polar surface area (TPSA) is 50.2 Å². The number of benzene rings is 3. The van der Waals surface area contributed by atoms with E-state index in [4.69, 9.17) is 11.6 Å². The van der Waals surface area contributed by atoms with Crippen molar-refractivity contribution >= 4 is 34.6 Å². The first-order valence-corrected chi connectivity index (χ1v) is 14.1. The molecule has 0 unspecified atom stereocenters. The van der Waals surface area contributed by atoms with Crippen molar-refractivity contribution in [2.24, 2.45) is 0 Å². The molecule has 1 amide bonds. The molecule has 3 heterocycles. The minimum absolute atomic E-state index is 0.212. The number of hydrogen-bond donors (Lipinski definition) is 1. The van der Waals surface area contributed by atoms with Gasteiger partial charge in [0.2, 0.25) is 5.95 Å². The van der Waals surface area contributed by atoms with Crippen LogP contribution in [0.2, 0.25) is 5.02 Å². The van der Waals surface area contributed by atoms with Crippen molar-refractivity contribution in [1.82, 2.24) is 19.8 Å². The van der Waals surface area contributed by atoms with E-state index in [0.29, 0.717) is 10.6 Å². The summed E-state index contributed by atoms with van der Waals surface area (Å²) in [5.74, 6) is -0.564. The van der Waals surface area contributed by atoms with Gasteiger partial charge in [0.15, 0.2) is 0 Å². The second-order valence-electron chi connectivity index (χ2n) is 10.4. The van der Waals surface area contributed by atoms with Crippen molar-refractivity contribution in [3.8, 4) is 11.1 Å². The predicted octanol–water partition coefficient (Wildman–Crippen LogP) is 7.63. The number of aromatic nitrogens is 2. The number of fused-ring (bicyclic) bond motifs is 3. The van der Waals surface area contributed by atoms with Gasteiger partial charge in [-0.05, 0) is 71.1 Å². The summed E-state index contributed by atoms with van der Waals surface area (Å²) in [6.45, 7) is 4.69. The van der Waals surface area contributed by atoms with Gasteiger partial charge in [-0.15, -0.1) is 0 Å². The van der Waals surface area contributed by atoms with Crippen LogP contribution in [0.15, 0.2) is 91.1 Å². The highest BCUT2D eigenvalue weighted by molar-refractivity contribution is 6.30. The van der Waals surface area contributed by atoms with Gasteiger partial charge in [-0.25, -0.2) is 9.78 Å². The largest absolute Gasteiger partial charge is 0.333 e. The van der Waals surface area contributed by atoms with Gasteiger partial charge in [-0.1, -0.05) is 71.8 Å². The predicted molar refractivity (Wildman–Crippen MR) is 163 cm³/mol. The fraction of sp³-hybridized carbons (Fsp3) is 0.176. The van der Waals surface area contributed by atoms with E-state index < -0.39 is 5.95 Å². The Balaban J connectivity index is 1.32. The average Bonchev–Trinajstić information content (AvgIpc) is 3.30. The van der Waals surface area contributed by atoms with Crippen LogP contribution in [0.5, 0.6) is 0 Å². The second kappa shape index (κ2) is 11.7. The zero-order valence-electron chi connectivity index (χ0n) is 22.8. The van der Waals surface area contributed by atoms with E-state index >= 15 is 0 Å². The number of carbonyl (C=O) groups excluding carboxylic acids is 1. The highest BCUT2D eigenvalue weighted by Crippen LogP contribution is 2.34. The number of nitrogens with zero attached hydrogens (tertiary/aromatic N) is 3. The number of nitrogens with one attached hydrogen (secondary N) is 1. The monoisotopic (exact) mass is 564 g/mol. The number of rotatable bonds is 6.